The van der Waals surface area contributed by atoms with Gasteiger partial charge in [-0.1, -0.05) is 0 Å². The van der Waals surface area contributed by atoms with Crippen molar-refractivity contribution in [1.29, 1.82) is 0 Å². The maximum absolute atomic E-state index is 5.69. The molecule has 126 valence electrons. The molecule has 0 aromatic heterocycles. The van der Waals surface area contributed by atoms with Crippen molar-refractivity contribution in [3.05, 3.63) is 17.7 Å². The number of hydrogen-bond donors (Lipinski definition) is 1. The standard InChI is InChI=1S/C15H24N2O4.ClH/c1-18-11-6-14(19-2)13(15(7-11)20-3)10-17-4-5-21-12(8-16)9-17;/h6-7,12H,4-5,8-10,16H2,1-3H3;1H. The first-order chi connectivity index (χ1) is 10.2. The summed E-state index contributed by atoms with van der Waals surface area (Å²) in [7, 11) is 4.93. The molecule has 1 aromatic carbocycles. The Balaban J connectivity index is 0.00000242. The molecule has 1 aromatic rings. The summed E-state index contributed by atoms with van der Waals surface area (Å²) in [5.74, 6) is 2.25. The molecular weight excluding hydrogens is 308 g/mol. The molecule has 1 saturated heterocycles. The van der Waals surface area contributed by atoms with Crippen LogP contribution in [0.25, 0.3) is 0 Å². The second-order valence-corrected chi connectivity index (χ2v) is 4.97. The van der Waals surface area contributed by atoms with Gasteiger partial charge in [-0.05, 0) is 0 Å². The van der Waals surface area contributed by atoms with Crippen molar-refractivity contribution in [2.45, 2.75) is 12.6 Å². The van der Waals surface area contributed by atoms with Crippen LogP contribution in [0.3, 0.4) is 0 Å². The number of nitrogens with zero attached hydrogens (tertiary/aromatic N) is 1. The number of methoxy groups -OCH3 is 3. The van der Waals surface area contributed by atoms with Gasteiger partial charge in [0.05, 0.1) is 39.6 Å². The summed E-state index contributed by atoms with van der Waals surface area (Å²) in [6.45, 7) is 3.65. The summed E-state index contributed by atoms with van der Waals surface area (Å²) in [4.78, 5) is 2.30. The zero-order chi connectivity index (χ0) is 15.2. The summed E-state index contributed by atoms with van der Waals surface area (Å²) in [5, 5.41) is 0. The molecule has 0 saturated carbocycles. The summed E-state index contributed by atoms with van der Waals surface area (Å²) < 4.78 is 21.8. The van der Waals surface area contributed by atoms with Gasteiger partial charge in [-0.25, -0.2) is 0 Å². The van der Waals surface area contributed by atoms with Crippen LogP contribution in [-0.4, -0.2) is 58.6 Å². The number of ether oxygens (including phenoxy) is 4. The molecule has 1 aliphatic rings. The monoisotopic (exact) mass is 332 g/mol. The van der Waals surface area contributed by atoms with Gasteiger partial charge in [0.25, 0.3) is 0 Å². The minimum atomic E-state index is 0. The topological polar surface area (TPSA) is 66.2 Å². The zero-order valence-corrected chi connectivity index (χ0v) is 14.1. The summed E-state index contributed by atoms with van der Waals surface area (Å²) in [5.41, 5.74) is 6.70. The maximum atomic E-state index is 5.69. The van der Waals surface area contributed by atoms with Gasteiger partial charge in [0.15, 0.2) is 0 Å². The molecular formula is C15H25ClN2O4. The fraction of sp³-hybridized carbons (Fsp3) is 0.600. The second kappa shape index (κ2) is 9.05. The van der Waals surface area contributed by atoms with E-state index >= 15 is 0 Å². The minimum absolute atomic E-state index is 0. The maximum Gasteiger partial charge on any atom is 0.130 e. The lowest BCUT2D eigenvalue weighted by atomic mass is 10.1. The molecule has 1 fully saturated rings. The summed E-state index contributed by atoms with van der Waals surface area (Å²) >= 11 is 0. The lowest BCUT2D eigenvalue weighted by molar-refractivity contribution is -0.0264. The van der Waals surface area contributed by atoms with Crippen LogP contribution in [0.1, 0.15) is 5.56 Å². The van der Waals surface area contributed by atoms with Crippen LogP contribution in [0.2, 0.25) is 0 Å². The van der Waals surface area contributed by atoms with Crippen molar-refractivity contribution in [3.8, 4) is 17.2 Å². The normalized spacial score (nSPS) is 18.5. The number of hydrogen-bond acceptors (Lipinski definition) is 6. The fourth-order valence-corrected chi connectivity index (χ4v) is 2.52. The molecule has 0 bridgehead atoms. The average molecular weight is 333 g/mol. The van der Waals surface area contributed by atoms with E-state index in [1.807, 2.05) is 12.1 Å². The Bertz CT molecular complexity index is 448. The summed E-state index contributed by atoms with van der Waals surface area (Å²) in [6.07, 6.45) is 0.0917. The van der Waals surface area contributed by atoms with E-state index in [2.05, 4.69) is 4.90 Å². The van der Waals surface area contributed by atoms with Gasteiger partial charge in [0.1, 0.15) is 17.2 Å². The van der Waals surface area contributed by atoms with Crippen LogP contribution in [0.4, 0.5) is 0 Å². The van der Waals surface area contributed by atoms with Crippen LogP contribution in [0, 0.1) is 0 Å². The average Bonchev–Trinajstić information content (AvgIpc) is 2.55. The van der Waals surface area contributed by atoms with Crippen molar-refractivity contribution < 1.29 is 18.9 Å². The highest BCUT2D eigenvalue weighted by molar-refractivity contribution is 5.85. The Labute approximate surface area is 137 Å². The van der Waals surface area contributed by atoms with Gasteiger partial charge in [-0.2, -0.15) is 0 Å². The molecule has 1 atom stereocenters. The van der Waals surface area contributed by atoms with Crippen molar-refractivity contribution in [2.75, 3.05) is 47.6 Å². The predicted molar refractivity (Wildman–Crippen MR) is 87.4 cm³/mol. The molecule has 1 unspecified atom stereocenters. The van der Waals surface area contributed by atoms with Crippen molar-refractivity contribution in [2.24, 2.45) is 5.73 Å². The number of rotatable bonds is 6. The Kier molecular flexibility index (Phi) is 7.75. The van der Waals surface area contributed by atoms with Gasteiger partial charge in [-0.15, -0.1) is 12.4 Å². The molecule has 1 aliphatic heterocycles. The van der Waals surface area contributed by atoms with E-state index < -0.39 is 0 Å². The Hall–Kier alpha value is -1.21. The van der Waals surface area contributed by atoms with E-state index in [4.69, 9.17) is 24.7 Å². The van der Waals surface area contributed by atoms with Gasteiger partial charge < -0.3 is 24.7 Å². The SMILES string of the molecule is COc1cc(OC)c(CN2CCOC(CN)C2)c(OC)c1.Cl. The van der Waals surface area contributed by atoms with Crippen molar-refractivity contribution in [3.63, 3.8) is 0 Å². The summed E-state index contributed by atoms with van der Waals surface area (Å²) in [6, 6.07) is 3.75. The van der Waals surface area contributed by atoms with E-state index in [0.717, 1.165) is 36.7 Å². The zero-order valence-electron chi connectivity index (χ0n) is 13.3. The molecule has 0 radical (unpaired) electrons. The van der Waals surface area contributed by atoms with Crippen LogP contribution >= 0.6 is 12.4 Å². The number of nitrogens with two attached hydrogens (primary N) is 1. The van der Waals surface area contributed by atoms with Crippen LogP contribution in [0.15, 0.2) is 12.1 Å². The lowest BCUT2D eigenvalue weighted by Gasteiger charge is -2.33. The lowest BCUT2D eigenvalue weighted by Crippen LogP contribution is -2.45. The second-order valence-electron chi connectivity index (χ2n) is 4.97. The Morgan fingerprint density at radius 1 is 1.18 bits per heavy atom. The molecule has 7 heteroatoms. The molecule has 0 aliphatic carbocycles. The van der Waals surface area contributed by atoms with E-state index in [9.17, 15) is 0 Å². The van der Waals surface area contributed by atoms with E-state index in [0.29, 0.717) is 18.9 Å². The Morgan fingerprint density at radius 3 is 2.32 bits per heavy atom. The van der Waals surface area contributed by atoms with Crippen molar-refractivity contribution in [1.82, 2.24) is 4.90 Å². The third-order valence-electron chi connectivity index (χ3n) is 3.68. The highest BCUT2D eigenvalue weighted by atomic mass is 35.5. The third-order valence-corrected chi connectivity index (χ3v) is 3.68. The van der Waals surface area contributed by atoms with Gasteiger partial charge in [0, 0.05) is 38.3 Å². The highest BCUT2D eigenvalue weighted by Gasteiger charge is 2.22. The van der Waals surface area contributed by atoms with Gasteiger partial charge in [0.2, 0.25) is 0 Å². The molecule has 1 heterocycles. The van der Waals surface area contributed by atoms with Gasteiger partial charge >= 0.3 is 0 Å². The highest BCUT2D eigenvalue weighted by Crippen LogP contribution is 2.35. The molecule has 0 spiro atoms. The Morgan fingerprint density at radius 2 is 1.82 bits per heavy atom. The first-order valence-corrected chi connectivity index (χ1v) is 7.04. The number of benzene rings is 1. The molecule has 2 rings (SSSR count). The van der Waals surface area contributed by atoms with E-state index in [-0.39, 0.29) is 18.5 Å². The quantitative estimate of drug-likeness (QED) is 0.847. The molecule has 0 amide bonds. The minimum Gasteiger partial charge on any atom is -0.496 e. The van der Waals surface area contributed by atoms with Gasteiger partial charge in [-0.3, -0.25) is 4.90 Å². The number of halogens is 1. The smallest absolute Gasteiger partial charge is 0.130 e. The van der Waals surface area contributed by atoms with E-state index in [1.165, 1.54) is 0 Å². The van der Waals surface area contributed by atoms with Crippen LogP contribution in [0.5, 0.6) is 17.2 Å². The first-order valence-electron chi connectivity index (χ1n) is 7.04. The third kappa shape index (κ3) is 4.39. The van der Waals surface area contributed by atoms with Crippen LogP contribution in [-0.2, 0) is 11.3 Å². The predicted octanol–water partition coefficient (Wildman–Crippen LogP) is 1.29. The largest absolute Gasteiger partial charge is 0.496 e. The molecule has 6 nitrogen and oxygen atoms in total. The van der Waals surface area contributed by atoms with Crippen LogP contribution < -0.4 is 19.9 Å². The van der Waals surface area contributed by atoms with E-state index in [1.54, 1.807) is 21.3 Å². The molecule has 22 heavy (non-hydrogen) atoms. The molecule has 2 N–H and O–H groups in total. The van der Waals surface area contributed by atoms with Crippen molar-refractivity contribution >= 4 is 12.4 Å². The first kappa shape index (κ1) is 18.8. The number of morpholine rings is 1. The fourth-order valence-electron chi connectivity index (χ4n) is 2.52.